The number of nitrogen functional groups attached to an aromatic ring is 1. The second kappa shape index (κ2) is 8.44. The summed E-state index contributed by atoms with van der Waals surface area (Å²) in [5.41, 5.74) is 8.53. The van der Waals surface area contributed by atoms with Crippen LogP contribution in [0.25, 0.3) is 10.2 Å². The zero-order valence-electron chi connectivity index (χ0n) is 18.0. The summed E-state index contributed by atoms with van der Waals surface area (Å²) >= 11 is 1.67. The van der Waals surface area contributed by atoms with Crippen LogP contribution in [-0.2, 0) is 17.6 Å². The monoisotopic (exact) mass is 451 g/mol. The first-order valence-corrected chi connectivity index (χ1v) is 11.6. The molecule has 4 heterocycles. The van der Waals surface area contributed by atoms with E-state index < -0.39 is 0 Å². The van der Waals surface area contributed by atoms with Gasteiger partial charge in [0.15, 0.2) is 6.21 Å². The number of rotatable bonds is 4. The van der Waals surface area contributed by atoms with Gasteiger partial charge in [0.2, 0.25) is 5.91 Å². The summed E-state index contributed by atoms with van der Waals surface area (Å²) < 4.78 is 0. The minimum atomic E-state index is 0.0484. The highest BCUT2D eigenvalue weighted by atomic mass is 32.1. The van der Waals surface area contributed by atoms with Crippen LogP contribution < -0.4 is 16.5 Å². The number of nitrogens with zero attached hydrogens (tertiary/aromatic N) is 5. The molecule has 0 saturated carbocycles. The first-order chi connectivity index (χ1) is 15.5. The standard InChI is InChI=1S/C22H26N8OS/c1-29-4-6-30(7-5-29)22(31)13-2-3-16-17(9-13)32-21-18(16)20(26-12-27-21)28-15-8-14(10-23)19(24)25-11-15/h8,10-13,23H,2-7,9H2,1H3,(H2,24,25)(H,26,27,28)/p+1/t13-/m0/s1. The Morgan fingerprint density at radius 3 is 2.88 bits per heavy atom. The summed E-state index contributed by atoms with van der Waals surface area (Å²) in [6.07, 6.45) is 7.15. The third-order valence-electron chi connectivity index (χ3n) is 6.40. The molecule has 1 fully saturated rings. The van der Waals surface area contributed by atoms with E-state index in [4.69, 9.17) is 11.1 Å². The second-order valence-electron chi connectivity index (χ2n) is 8.46. The van der Waals surface area contributed by atoms with Crippen LogP contribution in [0.15, 0.2) is 18.6 Å². The van der Waals surface area contributed by atoms with Crippen LogP contribution in [0.4, 0.5) is 17.3 Å². The fourth-order valence-corrected chi connectivity index (χ4v) is 5.80. The van der Waals surface area contributed by atoms with Gasteiger partial charge in [-0.1, -0.05) is 0 Å². The molecule has 1 aliphatic heterocycles. The number of aromatic nitrogens is 3. The van der Waals surface area contributed by atoms with Gasteiger partial charge >= 0.3 is 0 Å². The van der Waals surface area contributed by atoms with Crippen LogP contribution in [0.1, 0.15) is 22.4 Å². The maximum absolute atomic E-state index is 13.1. The molecular formula is C22H27N8OS+. The smallest absolute Gasteiger partial charge is 0.226 e. The van der Waals surface area contributed by atoms with Crippen LogP contribution in [0.3, 0.4) is 0 Å². The molecule has 0 spiro atoms. The van der Waals surface area contributed by atoms with E-state index in [1.54, 1.807) is 23.9 Å². The van der Waals surface area contributed by atoms with Gasteiger partial charge in [-0.15, -0.1) is 11.3 Å². The maximum Gasteiger partial charge on any atom is 0.226 e. The lowest BCUT2D eigenvalue weighted by atomic mass is 9.86. The summed E-state index contributed by atoms with van der Waals surface area (Å²) in [5.74, 6) is 1.47. The van der Waals surface area contributed by atoms with Gasteiger partial charge in [-0.05, 0) is 37.9 Å². The fourth-order valence-electron chi connectivity index (χ4n) is 4.53. The molecular weight excluding hydrogens is 424 g/mol. The normalized spacial score (nSPS) is 19.0. The Bertz CT molecular complexity index is 1180. The van der Waals surface area contributed by atoms with Gasteiger partial charge in [0.05, 0.1) is 22.8 Å². The van der Waals surface area contributed by atoms with Crippen LogP contribution >= 0.6 is 11.3 Å². The number of pyridine rings is 1. The summed E-state index contributed by atoms with van der Waals surface area (Å²) in [7, 11) is 2.11. The molecule has 5 rings (SSSR count). The molecule has 0 aromatic carbocycles. The van der Waals surface area contributed by atoms with Gasteiger partial charge in [-0.25, -0.2) is 15.0 Å². The number of amides is 1. The number of carbonyl (C=O) groups excluding carboxylic acids is 1. The predicted octanol–water partition coefficient (Wildman–Crippen LogP) is 0.469. The number of carbonyl (C=O) groups is 1. The molecule has 0 bridgehead atoms. The Morgan fingerprint density at radius 2 is 2.09 bits per heavy atom. The molecule has 3 aromatic rings. The largest absolute Gasteiger partial charge is 0.383 e. The van der Waals surface area contributed by atoms with Crippen molar-refractivity contribution in [3.63, 3.8) is 0 Å². The van der Waals surface area contributed by atoms with Gasteiger partial charge in [0.1, 0.15) is 22.8 Å². The lowest BCUT2D eigenvalue weighted by molar-refractivity contribution is -0.137. The number of thiophene rings is 1. The Hall–Kier alpha value is -3.11. The van der Waals surface area contributed by atoms with Crippen LogP contribution in [0.2, 0.25) is 0 Å². The van der Waals surface area contributed by atoms with E-state index in [9.17, 15) is 4.79 Å². The van der Waals surface area contributed by atoms with Gasteiger partial charge in [0, 0.05) is 37.0 Å². The van der Waals surface area contributed by atoms with Crippen molar-refractivity contribution in [1.82, 2.24) is 24.8 Å². The molecule has 1 saturated heterocycles. The lowest BCUT2D eigenvalue weighted by Crippen LogP contribution is -2.49. The van der Waals surface area contributed by atoms with Gasteiger partial charge in [-0.3, -0.25) is 10.2 Å². The van der Waals surface area contributed by atoms with E-state index in [1.165, 1.54) is 16.7 Å². The fraction of sp³-hybridized carbons (Fsp3) is 0.409. The average Bonchev–Trinajstić information content (AvgIpc) is 3.19. The van der Waals surface area contributed by atoms with Crippen molar-refractivity contribution in [1.29, 1.82) is 0 Å². The van der Waals surface area contributed by atoms with Crippen molar-refractivity contribution in [3.8, 4) is 0 Å². The number of likely N-dealkylation sites (N-methyl/N-ethyl adjacent to an activating group) is 1. The Kier molecular flexibility index (Phi) is 5.48. The van der Waals surface area contributed by atoms with Crippen molar-refractivity contribution >= 4 is 51.0 Å². The molecule has 2 aliphatic rings. The van der Waals surface area contributed by atoms with Crippen molar-refractivity contribution in [3.05, 3.63) is 34.6 Å². The van der Waals surface area contributed by atoms with E-state index in [0.29, 0.717) is 17.3 Å². The van der Waals surface area contributed by atoms with Crippen molar-refractivity contribution in [2.24, 2.45) is 5.92 Å². The summed E-state index contributed by atoms with van der Waals surface area (Å²) in [4.78, 5) is 32.8. The number of aryl methyl sites for hydroxylation is 1. The van der Waals surface area contributed by atoms with Crippen molar-refractivity contribution < 1.29 is 10.2 Å². The first kappa shape index (κ1) is 20.8. The highest BCUT2D eigenvalue weighted by Gasteiger charge is 2.32. The van der Waals surface area contributed by atoms with Crippen LogP contribution in [-0.4, -0.2) is 70.1 Å². The summed E-state index contributed by atoms with van der Waals surface area (Å²) in [5, 5.41) is 10.0. The topological polar surface area (TPSA) is 126 Å². The summed E-state index contributed by atoms with van der Waals surface area (Å²) in [6.45, 7) is 3.53. The van der Waals surface area contributed by atoms with E-state index in [2.05, 4.69) is 32.2 Å². The Morgan fingerprint density at radius 1 is 1.28 bits per heavy atom. The van der Waals surface area contributed by atoms with Crippen molar-refractivity contribution in [2.75, 3.05) is 44.3 Å². The summed E-state index contributed by atoms with van der Waals surface area (Å²) in [6, 6.07) is 1.85. The Balaban J connectivity index is 1.40. The highest BCUT2D eigenvalue weighted by molar-refractivity contribution is 7.19. The van der Waals surface area contributed by atoms with E-state index in [-0.39, 0.29) is 5.92 Å². The van der Waals surface area contributed by atoms with Crippen LogP contribution in [0, 0.1) is 5.92 Å². The molecule has 1 atom stereocenters. The van der Waals surface area contributed by atoms with Crippen molar-refractivity contribution in [2.45, 2.75) is 19.3 Å². The predicted molar refractivity (Wildman–Crippen MR) is 126 cm³/mol. The molecule has 32 heavy (non-hydrogen) atoms. The number of hydrogen-bond donors (Lipinski definition) is 3. The quantitative estimate of drug-likeness (QED) is 0.492. The number of hydrogen-bond acceptors (Lipinski definition) is 8. The third kappa shape index (κ3) is 3.80. The zero-order chi connectivity index (χ0) is 22.2. The van der Waals surface area contributed by atoms with Gasteiger partial charge < -0.3 is 20.9 Å². The number of piperazine rings is 1. The number of nitrogens with one attached hydrogen (secondary N) is 1. The zero-order valence-corrected chi connectivity index (χ0v) is 18.9. The number of nitrogens with two attached hydrogens (primary N) is 2. The lowest BCUT2D eigenvalue weighted by Gasteiger charge is -2.35. The molecule has 1 aliphatic carbocycles. The average molecular weight is 452 g/mol. The first-order valence-electron chi connectivity index (χ1n) is 10.8. The minimum Gasteiger partial charge on any atom is -0.383 e. The molecule has 5 N–H and O–H groups in total. The molecule has 10 heteroatoms. The van der Waals surface area contributed by atoms with Crippen LogP contribution in [0.5, 0.6) is 0 Å². The van der Waals surface area contributed by atoms with Gasteiger partial charge in [-0.2, -0.15) is 0 Å². The molecule has 0 radical (unpaired) electrons. The third-order valence-corrected chi connectivity index (χ3v) is 7.56. The number of anilines is 3. The van der Waals surface area contributed by atoms with E-state index in [1.807, 2.05) is 11.0 Å². The number of fused-ring (bicyclic) bond motifs is 3. The van der Waals surface area contributed by atoms with E-state index in [0.717, 1.165) is 67.2 Å². The molecule has 9 nitrogen and oxygen atoms in total. The minimum absolute atomic E-state index is 0.0484. The van der Waals surface area contributed by atoms with Gasteiger partial charge in [0.25, 0.3) is 0 Å². The molecule has 1 amide bonds. The SMILES string of the molecule is CN1CCN(C(=O)[C@H]2CCc3c(sc4ncnc(Nc5cnc(N)c(C=[NH2+])c5)c34)C2)CC1. The molecule has 0 unspecified atom stereocenters. The maximum atomic E-state index is 13.1. The van der Waals surface area contributed by atoms with E-state index >= 15 is 0 Å². The molecule has 166 valence electrons. The second-order valence-corrected chi connectivity index (χ2v) is 9.55. The highest BCUT2D eigenvalue weighted by Crippen LogP contribution is 2.40. The Labute approximate surface area is 190 Å². The molecule has 3 aromatic heterocycles.